The number of ether oxygens (including phenoxy) is 1. The highest BCUT2D eigenvalue weighted by Gasteiger charge is 2.34. The molecule has 1 saturated heterocycles. The van der Waals surface area contributed by atoms with E-state index in [0.717, 1.165) is 5.69 Å². The number of aryl methyl sites for hydroxylation is 2. The summed E-state index contributed by atoms with van der Waals surface area (Å²) in [5.74, 6) is 0.510. The number of nitrogens with zero attached hydrogens (tertiary/aromatic N) is 5. The van der Waals surface area contributed by atoms with Crippen molar-refractivity contribution < 1.29 is 13.2 Å². The summed E-state index contributed by atoms with van der Waals surface area (Å²) in [6, 6.07) is 1.79. The van der Waals surface area contributed by atoms with Crippen LogP contribution in [-0.2, 0) is 21.3 Å². The number of hydrogen-bond acceptors (Lipinski definition) is 6. The van der Waals surface area contributed by atoms with E-state index in [-0.39, 0.29) is 11.4 Å². The molecule has 24 heavy (non-hydrogen) atoms. The second-order valence-electron chi connectivity index (χ2n) is 5.69. The minimum absolute atomic E-state index is 0.197. The average Bonchev–Trinajstić information content (AvgIpc) is 2.96. The fourth-order valence-electron chi connectivity index (χ4n) is 2.76. The molecule has 0 spiro atoms. The molecular weight excluding hydrogens is 330 g/mol. The molecule has 130 valence electrons. The summed E-state index contributed by atoms with van der Waals surface area (Å²) in [5.41, 5.74) is 1.47. The van der Waals surface area contributed by atoms with Crippen LogP contribution in [0.1, 0.15) is 30.2 Å². The third kappa shape index (κ3) is 3.06. The molecule has 2 aromatic rings. The monoisotopic (exact) mass is 351 g/mol. The molecule has 8 nitrogen and oxygen atoms in total. The van der Waals surface area contributed by atoms with Crippen molar-refractivity contribution >= 4 is 10.0 Å². The number of aromatic nitrogens is 4. The summed E-state index contributed by atoms with van der Waals surface area (Å²) in [6.07, 6.45) is 2.61. The van der Waals surface area contributed by atoms with E-state index in [9.17, 15) is 8.42 Å². The van der Waals surface area contributed by atoms with Gasteiger partial charge in [-0.15, -0.1) is 0 Å². The molecule has 0 bridgehead atoms. The summed E-state index contributed by atoms with van der Waals surface area (Å²) < 4.78 is 34.7. The van der Waals surface area contributed by atoms with Crippen LogP contribution in [0.15, 0.2) is 23.4 Å². The minimum Gasteiger partial charge on any atom is -0.367 e. The van der Waals surface area contributed by atoms with Crippen molar-refractivity contribution in [3.8, 4) is 0 Å². The summed E-state index contributed by atoms with van der Waals surface area (Å²) >= 11 is 0. The van der Waals surface area contributed by atoms with Gasteiger partial charge < -0.3 is 4.74 Å². The van der Waals surface area contributed by atoms with Gasteiger partial charge in [-0.3, -0.25) is 4.68 Å². The van der Waals surface area contributed by atoms with Crippen LogP contribution in [0.2, 0.25) is 0 Å². The van der Waals surface area contributed by atoms with Gasteiger partial charge in [0.05, 0.1) is 18.5 Å². The fourth-order valence-corrected chi connectivity index (χ4v) is 4.35. The van der Waals surface area contributed by atoms with Gasteiger partial charge in [-0.05, 0) is 26.8 Å². The Hall–Kier alpha value is -1.84. The van der Waals surface area contributed by atoms with Gasteiger partial charge in [0.1, 0.15) is 11.0 Å². The van der Waals surface area contributed by atoms with Crippen LogP contribution >= 0.6 is 0 Å². The van der Waals surface area contributed by atoms with Gasteiger partial charge in [-0.2, -0.15) is 9.40 Å². The molecule has 3 heterocycles. The third-order valence-electron chi connectivity index (χ3n) is 4.11. The second kappa shape index (κ2) is 6.58. The lowest BCUT2D eigenvalue weighted by atomic mass is 10.3. The van der Waals surface area contributed by atoms with Crippen molar-refractivity contribution in [2.24, 2.45) is 0 Å². The molecule has 9 heteroatoms. The molecule has 0 aromatic carbocycles. The predicted octanol–water partition coefficient (Wildman–Crippen LogP) is 1.07. The summed E-state index contributed by atoms with van der Waals surface area (Å²) in [6.45, 7) is 7.00. The average molecular weight is 351 g/mol. The van der Waals surface area contributed by atoms with Crippen molar-refractivity contribution in [3.63, 3.8) is 0 Å². The zero-order chi connectivity index (χ0) is 17.3. The topological polar surface area (TPSA) is 90.2 Å². The number of rotatable bonds is 4. The maximum atomic E-state index is 13.0. The van der Waals surface area contributed by atoms with Gasteiger partial charge >= 0.3 is 0 Å². The fraction of sp³-hybridized carbons (Fsp3) is 0.533. The van der Waals surface area contributed by atoms with Crippen molar-refractivity contribution in [2.45, 2.75) is 38.3 Å². The zero-order valence-electron chi connectivity index (χ0n) is 14.0. The first kappa shape index (κ1) is 17.0. The van der Waals surface area contributed by atoms with Crippen LogP contribution < -0.4 is 0 Å². The maximum Gasteiger partial charge on any atom is 0.246 e. The molecular formula is C15H21N5O3S. The van der Waals surface area contributed by atoms with Gasteiger partial charge in [0.15, 0.2) is 5.82 Å². The first-order valence-corrected chi connectivity index (χ1v) is 9.31. The molecule has 0 amide bonds. The standard InChI is InChI=1S/C15H21N5O3S/c1-4-20-12(3)14(9-17-20)24(21,22)19-7-8-23-13(10-19)15-16-6-5-11(2)18-15/h5-6,9,13H,4,7-8,10H2,1-3H3. The van der Waals surface area contributed by atoms with E-state index in [2.05, 4.69) is 15.1 Å². The van der Waals surface area contributed by atoms with E-state index >= 15 is 0 Å². The van der Waals surface area contributed by atoms with Crippen LogP contribution in [-0.4, -0.2) is 52.2 Å². The maximum absolute atomic E-state index is 13.0. The Morgan fingerprint density at radius 1 is 1.38 bits per heavy atom. The molecule has 0 radical (unpaired) electrons. The molecule has 0 saturated carbocycles. The number of sulfonamides is 1. The largest absolute Gasteiger partial charge is 0.367 e. The van der Waals surface area contributed by atoms with Gasteiger partial charge in [-0.25, -0.2) is 18.4 Å². The highest BCUT2D eigenvalue weighted by Crippen LogP contribution is 2.26. The molecule has 1 fully saturated rings. The Morgan fingerprint density at radius 2 is 2.17 bits per heavy atom. The lowest BCUT2D eigenvalue weighted by Gasteiger charge is -2.31. The molecule has 1 aliphatic rings. The Kier molecular flexibility index (Phi) is 4.66. The van der Waals surface area contributed by atoms with Crippen molar-refractivity contribution in [3.05, 3.63) is 35.7 Å². The molecule has 0 N–H and O–H groups in total. The highest BCUT2D eigenvalue weighted by atomic mass is 32.2. The minimum atomic E-state index is -3.62. The normalized spacial score (nSPS) is 19.5. The van der Waals surface area contributed by atoms with E-state index in [4.69, 9.17) is 4.74 Å². The smallest absolute Gasteiger partial charge is 0.246 e. The van der Waals surface area contributed by atoms with Gasteiger partial charge in [0, 0.05) is 31.5 Å². The van der Waals surface area contributed by atoms with Crippen LogP contribution in [0.25, 0.3) is 0 Å². The van der Waals surface area contributed by atoms with E-state index in [1.54, 1.807) is 23.9 Å². The van der Waals surface area contributed by atoms with Gasteiger partial charge in [0.25, 0.3) is 0 Å². The number of hydrogen-bond donors (Lipinski definition) is 0. The molecule has 2 aromatic heterocycles. The zero-order valence-corrected chi connectivity index (χ0v) is 14.8. The van der Waals surface area contributed by atoms with Crippen molar-refractivity contribution in [2.75, 3.05) is 19.7 Å². The van der Waals surface area contributed by atoms with Crippen LogP contribution in [0.5, 0.6) is 0 Å². The lowest BCUT2D eigenvalue weighted by molar-refractivity contribution is -0.00762. The quantitative estimate of drug-likeness (QED) is 0.818. The summed E-state index contributed by atoms with van der Waals surface area (Å²) in [5, 5.41) is 4.14. The third-order valence-corrected chi connectivity index (χ3v) is 6.07. The predicted molar refractivity (Wildman–Crippen MR) is 86.9 cm³/mol. The van der Waals surface area contributed by atoms with Crippen LogP contribution in [0.4, 0.5) is 0 Å². The van der Waals surface area contributed by atoms with Gasteiger partial charge in [0.2, 0.25) is 10.0 Å². The lowest BCUT2D eigenvalue weighted by Crippen LogP contribution is -2.42. The Labute approximate surface area is 141 Å². The molecule has 1 aliphatic heterocycles. The molecule has 0 aliphatic carbocycles. The van der Waals surface area contributed by atoms with E-state index in [1.165, 1.54) is 10.5 Å². The summed E-state index contributed by atoms with van der Waals surface area (Å²) in [7, 11) is -3.62. The SMILES string of the molecule is CCn1ncc(S(=O)(=O)N2CCOC(c3nccc(C)n3)C2)c1C. The Bertz CT molecular complexity index is 833. The van der Waals surface area contributed by atoms with Crippen LogP contribution in [0.3, 0.4) is 0 Å². The first-order valence-electron chi connectivity index (χ1n) is 7.87. The second-order valence-corrected chi connectivity index (χ2v) is 7.60. The van der Waals surface area contributed by atoms with E-state index in [0.29, 0.717) is 31.2 Å². The Morgan fingerprint density at radius 3 is 2.83 bits per heavy atom. The van der Waals surface area contributed by atoms with Crippen molar-refractivity contribution in [1.29, 1.82) is 0 Å². The van der Waals surface area contributed by atoms with Crippen LogP contribution in [0, 0.1) is 13.8 Å². The summed E-state index contributed by atoms with van der Waals surface area (Å²) in [4.78, 5) is 8.81. The number of morpholine rings is 1. The molecule has 1 atom stereocenters. The van der Waals surface area contributed by atoms with E-state index in [1.807, 2.05) is 13.8 Å². The highest BCUT2D eigenvalue weighted by molar-refractivity contribution is 7.89. The molecule has 3 rings (SSSR count). The van der Waals surface area contributed by atoms with Crippen molar-refractivity contribution in [1.82, 2.24) is 24.1 Å². The van der Waals surface area contributed by atoms with Gasteiger partial charge in [-0.1, -0.05) is 0 Å². The van der Waals surface area contributed by atoms with E-state index < -0.39 is 16.1 Å². The Balaban J connectivity index is 1.87. The first-order chi connectivity index (χ1) is 11.4. The molecule has 1 unspecified atom stereocenters.